The molecule has 2 aromatic carbocycles. The highest BCUT2D eigenvalue weighted by molar-refractivity contribution is 6.50. The number of halogens is 1. The Kier molecular flexibility index (Phi) is 5.57. The van der Waals surface area contributed by atoms with Gasteiger partial charge in [0, 0.05) is 0 Å². The molecule has 0 saturated heterocycles. The van der Waals surface area contributed by atoms with Crippen LogP contribution in [0, 0.1) is 0 Å². The topological polar surface area (TPSA) is 81.3 Å². The van der Waals surface area contributed by atoms with Crippen molar-refractivity contribution in [3.8, 4) is 5.75 Å². The highest BCUT2D eigenvalue weighted by atomic mass is 35.5. The molecule has 1 aromatic heterocycles. The first-order valence-electron chi connectivity index (χ1n) is 8.24. The quantitative estimate of drug-likeness (QED) is 0.676. The molecule has 3 aromatic rings. The van der Waals surface area contributed by atoms with E-state index in [2.05, 4.69) is 9.97 Å². The van der Waals surface area contributed by atoms with E-state index in [-0.39, 0.29) is 16.4 Å². The smallest absolute Gasteiger partial charge is 0.337 e. The van der Waals surface area contributed by atoms with E-state index in [0.717, 1.165) is 11.3 Å². The molecule has 1 N–H and O–H groups in total. The Hall–Kier alpha value is -3.12. The standard InChI is InChI=1S/C20H17ClN2O4/c1-3-27-14-6-4-5-12(9-14)10-16(21)18-22-17-11-13(20(25)26-2)7-8-15(17)19(24)23-18/h4-11H,3H2,1-2H3,(H,22,23,24)/b16-10-. The van der Waals surface area contributed by atoms with Gasteiger partial charge in [0.1, 0.15) is 5.75 Å². The van der Waals surface area contributed by atoms with Crippen LogP contribution in [0.3, 0.4) is 0 Å². The second-order valence-electron chi connectivity index (χ2n) is 5.64. The van der Waals surface area contributed by atoms with E-state index in [4.69, 9.17) is 21.1 Å². The highest BCUT2D eigenvalue weighted by Gasteiger charge is 2.11. The molecule has 0 atom stereocenters. The first kappa shape index (κ1) is 18.7. The predicted octanol–water partition coefficient (Wildman–Crippen LogP) is 3.85. The summed E-state index contributed by atoms with van der Waals surface area (Å²) >= 11 is 6.37. The number of aromatic nitrogens is 2. The minimum Gasteiger partial charge on any atom is -0.494 e. The molecule has 0 aliphatic carbocycles. The molecular formula is C20H17ClN2O4. The van der Waals surface area contributed by atoms with E-state index in [9.17, 15) is 9.59 Å². The highest BCUT2D eigenvalue weighted by Crippen LogP contribution is 2.22. The van der Waals surface area contributed by atoms with E-state index < -0.39 is 5.97 Å². The van der Waals surface area contributed by atoms with Gasteiger partial charge in [0.2, 0.25) is 0 Å². The molecule has 138 valence electrons. The van der Waals surface area contributed by atoms with Crippen molar-refractivity contribution in [2.45, 2.75) is 6.92 Å². The fourth-order valence-corrected chi connectivity index (χ4v) is 2.79. The van der Waals surface area contributed by atoms with Crippen molar-refractivity contribution in [1.29, 1.82) is 0 Å². The van der Waals surface area contributed by atoms with E-state index in [0.29, 0.717) is 23.1 Å². The minimum atomic E-state index is -0.505. The molecule has 0 radical (unpaired) electrons. The lowest BCUT2D eigenvalue weighted by molar-refractivity contribution is 0.0601. The fraction of sp³-hybridized carbons (Fsp3) is 0.150. The van der Waals surface area contributed by atoms with Gasteiger partial charge >= 0.3 is 5.97 Å². The zero-order valence-corrected chi connectivity index (χ0v) is 15.5. The van der Waals surface area contributed by atoms with Crippen LogP contribution in [0.1, 0.15) is 28.7 Å². The van der Waals surface area contributed by atoms with Crippen molar-refractivity contribution in [1.82, 2.24) is 9.97 Å². The number of nitrogens with zero attached hydrogens (tertiary/aromatic N) is 1. The maximum Gasteiger partial charge on any atom is 0.337 e. The Morgan fingerprint density at radius 3 is 2.81 bits per heavy atom. The van der Waals surface area contributed by atoms with E-state index in [1.807, 2.05) is 31.2 Å². The van der Waals surface area contributed by atoms with Gasteiger partial charge in [0.25, 0.3) is 5.56 Å². The molecule has 0 aliphatic rings. The summed E-state index contributed by atoms with van der Waals surface area (Å²) in [6, 6.07) is 11.9. The van der Waals surface area contributed by atoms with Crippen molar-refractivity contribution in [3.63, 3.8) is 0 Å². The minimum absolute atomic E-state index is 0.206. The zero-order valence-electron chi connectivity index (χ0n) is 14.8. The number of methoxy groups -OCH3 is 1. The molecule has 0 aliphatic heterocycles. The maximum atomic E-state index is 12.3. The molecule has 0 spiro atoms. The van der Waals surface area contributed by atoms with Gasteiger partial charge in [0.15, 0.2) is 5.82 Å². The number of benzene rings is 2. The van der Waals surface area contributed by atoms with Crippen molar-refractivity contribution in [3.05, 3.63) is 69.8 Å². The fourth-order valence-electron chi connectivity index (χ4n) is 2.57. The Morgan fingerprint density at radius 2 is 2.07 bits per heavy atom. The molecule has 0 bridgehead atoms. The number of esters is 1. The summed E-state index contributed by atoms with van der Waals surface area (Å²) in [5, 5.41) is 0.611. The maximum absolute atomic E-state index is 12.3. The molecule has 3 rings (SSSR count). The summed E-state index contributed by atoms with van der Waals surface area (Å²) in [4.78, 5) is 31.1. The van der Waals surface area contributed by atoms with Gasteiger partial charge in [-0.2, -0.15) is 0 Å². The largest absolute Gasteiger partial charge is 0.494 e. The van der Waals surface area contributed by atoms with Crippen LogP contribution in [0.5, 0.6) is 5.75 Å². The average molecular weight is 385 g/mol. The summed E-state index contributed by atoms with van der Waals surface area (Å²) in [6.45, 7) is 2.46. The number of fused-ring (bicyclic) bond motifs is 1. The van der Waals surface area contributed by atoms with Crippen LogP contribution in [0.2, 0.25) is 0 Å². The van der Waals surface area contributed by atoms with Gasteiger partial charge in [-0.05, 0) is 48.9 Å². The van der Waals surface area contributed by atoms with Gasteiger partial charge in [-0.1, -0.05) is 23.7 Å². The lowest BCUT2D eigenvalue weighted by Gasteiger charge is -2.05. The SMILES string of the molecule is CCOc1cccc(/C=C(\Cl)c2nc3cc(C(=O)OC)ccc3c(=O)[nH]2)c1. The Bertz CT molecular complexity index is 1090. The van der Waals surface area contributed by atoms with E-state index >= 15 is 0 Å². The third-order valence-corrected chi connectivity index (χ3v) is 4.10. The monoisotopic (exact) mass is 384 g/mol. The molecule has 0 amide bonds. The number of H-pyrrole nitrogens is 1. The number of hydrogen-bond donors (Lipinski definition) is 1. The summed E-state index contributed by atoms with van der Waals surface area (Å²) in [5.41, 5.74) is 1.11. The van der Waals surface area contributed by atoms with Crippen LogP contribution in [0.15, 0.2) is 47.3 Å². The summed E-state index contributed by atoms with van der Waals surface area (Å²) in [6.07, 6.45) is 1.68. The van der Waals surface area contributed by atoms with Crippen LogP contribution in [-0.2, 0) is 4.74 Å². The molecule has 6 nitrogen and oxygen atoms in total. The van der Waals surface area contributed by atoms with Crippen LogP contribution in [0.25, 0.3) is 22.0 Å². The number of nitrogens with one attached hydrogen (secondary N) is 1. The lowest BCUT2D eigenvalue weighted by Crippen LogP contribution is -2.11. The zero-order chi connectivity index (χ0) is 19.4. The van der Waals surface area contributed by atoms with Crippen LogP contribution < -0.4 is 10.3 Å². The molecule has 0 saturated carbocycles. The van der Waals surface area contributed by atoms with Crippen molar-refractivity contribution < 1.29 is 14.3 Å². The van der Waals surface area contributed by atoms with Crippen LogP contribution in [-0.4, -0.2) is 29.7 Å². The number of aromatic amines is 1. The first-order chi connectivity index (χ1) is 13.0. The van der Waals surface area contributed by atoms with Crippen molar-refractivity contribution in [2.75, 3.05) is 13.7 Å². The molecular weight excluding hydrogens is 368 g/mol. The van der Waals surface area contributed by atoms with Crippen LogP contribution >= 0.6 is 11.6 Å². The normalized spacial score (nSPS) is 11.4. The Balaban J connectivity index is 2.03. The first-order valence-corrected chi connectivity index (χ1v) is 8.62. The third kappa shape index (κ3) is 4.17. The predicted molar refractivity (Wildman–Crippen MR) is 105 cm³/mol. The van der Waals surface area contributed by atoms with Gasteiger partial charge in [-0.15, -0.1) is 0 Å². The van der Waals surface area contributed by atoms with Crippen molar-refractivity contribution in [2.24, 2.45) is 0 Å². The summed E-state index contributed by atoms with van der Waals surface area (Å²) < 4.78 is 10.2. The Labute approximate surface area is 160 Å². The van der Waals surface area contributed by atoms with Crippen LogP contribution in [0.4, 0.5) is 0 Å². The molecule has 7 heteroatoms. The lowest BCUT2D eigenvalue weighted by atomic mass is 10.1. The van der Waals surface area contributed by atoms with Gasteiger partial charge < -0.3 is 14.5 Å². The van der Waals surface area contributed by atoms with Gasteiger partial charge in [-0.3, -0.25) is 4.79 Å². The summed E-state index contributed by atoms with van der Waals surface area (Å²) in [5.74, 6) is 0.423. The number of ether oxygens (including phenoxy) is 2. The van der Waals surface area contributed by atoms with Gasteiger partial charge in [0.05, 0.1) is 35.2 Å². The van der Waals surface area contributed by atoms with Gasteiger partial charge in [-0.25, -0.2) is 9.78 Å². The second-order valence-corrected chi connectivity index (χ2v) is 6.04. The number of rotatable bonds is 5. The number of carbonyl (C=O) groups is 1. The second kappa shape index (κ2) is 8.05. The molecule has 27 heavy (non-hydrogen) atoms. The molecule has 1 heterocycles. The molecule has 0 unspecified atom stereocenters. The van der Waals surface area contributed by atoms with Crippen molar-refractivity contribution >= 4 is 39.6 Å². The number of carbonyl (C=O) groups excluding carboxylic acids is 1. The molecule has 0 fully saturated rings. The number of hydrogen-bond acceptors (Lipinski definition) is 5. The third-order valence-electron chi connectivity index (χ3n) is 3.82. The van der Waals surface area contributed by atoms with E-state index in [1.165, 1.54) is 25.3 Å². The summed E-state index contributed by atoms with van der Waals surface area (Å²) in [7, 11) is 1.29. The Morgan fingerprint density at radius 1 is 1.26 bits per heavy atom. The average Bonchev–Trinajstić information content (AvgIpc) is 2.67. The van der Waals surface area contributed by atoms with E-state index in [1.54, 1.807) is 6.08 Å².